The zero-order valence-corrected chi connectivity index (χ0v) is 13.9. The topological polar surface area (TPSA) is 91.0 Å². The Morgan fingerprint density at radius 3 is 3.00 bits per heavy atom. The lowest BCUT2D eigenvalue weighted by molar-refractivity contribution is -0.115. The van der Waals surface area contributed by atoms with Crippen LogP contribution in [-0.4, -0.2) is 34.1 Å². The summed E-state index contributed by atoms with van der Waals surface area (Å²) < 4.78 is 0. The summed E-state index contributed by atoms with van der Waals surface area (Å²) in [7, 11) is 0. The minimum atomic E-state index is -0.210. The number of rotatable bonds is 2. The lowest BCUT2D eigenvalue weighted by atomic mass is 9.78. The number of carbonyl (C=O) groups excluding carboxylic acids is 1. The van der Waals surface area contributed by atoms with E-state index in [1.807, 2.05) is 12.2 Å². The molecule has 5 nitrogen and oxygen atoms in total. The molecule has 3 unspecified atom stereocenters. The van der Waals surface area contributed by atoms with E-state index in [0.717, 1.165) is 18.6 Å². The molecule has 3 atom stereocenters. The van der Waals surface area contributed by atoms with Crippen molar-refractivity contribution in [2.45, 2.75) is 30.8 Å². The minimum Gasteiger partial charge on any atom is -0.307 e. The fourth-order valence-corrected chi connectivity index (χ4v) is 3.96. The first kappa shape index (κ1) is 16.6. The maximum absolute atomic E-state index is 12.0. The number of nitrogens with one attached hydrogen (secondary N) is 3. The summed E-state index contributed by atoms with van der Waals surface area (Å²) in [6.45, 7) is 2.20. The van der Waals surface area contributed by atoms with Crippen LogP contribution in [0.2, 0.25) is 0 Å². The number of amidine groups is 1. The second kappa shape index (κ2) is 7.00. The van der Waals surface area contributed by atoms with Gasteiger partial charge in [-0.15, -0.1) is 11.8 Å². The molecule has 0 aromatic carbocycles. The minimum absolute atomic E-state index is 0.0205. The highest BCUT2D eigenvalue weighted by atomic mass is 32.2. The summed E-state index contributed by atoms with van der Waals surface area (Å²) in [6.07, 6.45) is 9.54. The van der Waals surface area contributed by atoms with Gasteiger partial charge >= 0.3 is 0 Å². The van der Waals surface area contributed by atoms with Crippen LogP contribution in [0, 0.1) is 11.3 Å². The molecule has 0 spiro atoms. The second-order valence-electron chi connectivity index (χ2n) is 5.45. The molecule has 2 aliphatic rings. The number of allylic oxidation sites excluding steroid dienone is 1. The van der Waals surface area contributed by atoms with Crippen molar-refractivity contribution in [1.29, 1.82) is 5.41 Å². The Morgan fingerprint density at radius 2 is 2.43 bits per heavy atom. The lowest BCUT2D eigenvalue weighted by Gasteiger charge is -2.43. The quantitative estimate of drug-likeness (QED) is 0.457. The van der Waals surface area contributed by atoms with Crippen molar-refractivity contribution in [3.63, 3.8) is 0 Å². The van der Waals surface area contributed by atoms with Gasteiger partial charge in [-0.1, -0.05) is 30.0 Å². The molecule has 1 saturated heterocycles. The molecule has 0 aromatic rings. The van der Waals surface area contributed by atoms with E-state index in [4.69, 9.17) is 11.1 Å². The maximum Gasteiger partial charge on any atom is 0.256 e. The first-order valence-corrected chi connectivity index (χ1v) is 9.19. The van der Waals surface area contributed by atoms with Crippen molar-refractivity contribution < 1.29 is 4.79 Å². The summed E-state index contributed by atoms with van der Waals surface area (Å²) >= 11 is 2.95. The van der Waals surface area contributed by atoms with Gasteiger partial charge in [-0.2, -0.15) is 0 Å². The van der Waals surface area contributed by atoms with E-state index in [-0.39, 0.29) is 22.1 Å². The first-order valence-electron chi connectivity index (χ1n) is 6.92. The van der Waals surface area contributed by atoms with E-state index in [0.29, 0.717) is 11.5 Å². The van der Waals surface area contributed by atoms with E-state index in [1.165, 1.54) is 11.8 Å². The van der Waals surface area contributed by atoms with E-state index >= 15 is 0 Å². The molecule has 1 fully saturated rings. The molecule has 0 aromatic heterocycles. The van der Waals surface area contributed by atoms with Gasteiger partial charge in [0.25, 0.3) is 5.91 Å². The number of hydrogen-bond acceptors (Lipinski definition) is 6. The molecule has 1 heterocycles. The van der Waals surface area contributed by atoms with Gasteiger partial charge in [0.2, 0.25) is 0 Å². The predicted octanol–water partition coefficient (Wildman–Crippen LogP) is 1.63. The van der Waals surface area contributed by atoms with E-state index in [1.54, 1.807) is 18.0 Å². The summed E-state index contributed by atoms with van der Waals surface area (Å²) in [5, 5.41) is 13.7. The molecule has 7 heteroatoms. The molecule has 0 radical (unpaired) electrons. The molecular formula is C14H22N4OS2. The normalized spacial score (nSPS) is 32.4. The van der Waals surface area contributed by atoms with Crippen molar-refractivity contribution in [1.82, 2.24) is 10.6 Å². The fraction of sp³-hybridized carbons (Fsp3) is 0.571. The van der Waals surface area contributed by atoms with Crippen molar-refractivity contribution >= 4 is 34.6 Å². The van der Waals surface area contributed by atoms with E-state index in [9.17, 15) is 4.79 Å². The molecule has 0 bridgehead atoms. The monoisotopic (exact) mass is 326 g/mol. The van der Waals surface area contributed by atoms with Crippen LogP contribution in [0.1, 0.15) is 19.8 Å². The molecule has 1 amide bonds. The molecule has 2 rings (SSSR count). The van der Waals surface area contributed by atoms with Gasteiger partial charge in [0.15, 0.2) is 5.17 Å². The first-order chi connectivity index (χ1) is 9.94. The lowest BCUT2D eigenvalue weighted by Crippen LogP contribution is -2.57. The summed E-state index contributed by atoms with van der Waals surface area (Å²) in [6, 6.07) is 0. The molecule has 21 heavy (non-hydrogen) atoms. The van der Waals surface area contributed by atoms with Crippen LogP contribution in [0.3, 0.4) is 0 Å². The van der Waals surface area contributed by atoms with Gasteiger partial charge in [-0.3, -0.25) is 15.5 Å². The van der Waals surface area contributed by atoms with Crippen molar-refractivity contribution in [3.8, 4) is 0 Å². The zero-order valence-electron chi connectivity index (χ0n) is 12.3. The number of thioether (sulfide) groups is 2. The van der Waals surface area contributed by atoms with Gasteiger partial charge < -0.3 is 11.1 Å². The van der Waals surface area contributed by atoms with Crippen LogP contribution in [0.4, 0.5) is 0 Å². The van der Waals surface area contributed by atoms with Crippen LogP contribution in [0.5, 0.6) is 0 Å². The SMILES string of the molecule is CSC(=N)NC(=O)C1=CCC(C2(C)CCSC(N)N2)C=C1. The fourth-order valence-electron chi connectivity index (χ4n) is 2.62. The molecule has 0 saturated carbocycles. The standard InChI is InChI=1S/C14H22N4OS2/c1-14(7-8-21-13(16)18-14)10-5-3-9(4-6-10)11(19)17-12(15)20-2/h3-5,10,13,18H,6-8,16H2,1-2H3,(H2,15,17,19). The van der Waals surface area contributed by atoms with Gasteiger partial charge in [-0.25, -0.2) is 0 Å². The Hall–Kier alpha value is -0.760. The Kier molecular flexibility index (Phi) is 5.54. The number of carbonyl (C=O) groups is 1. The van der Waals surface area contributed by atoms with Crippen LogP contribution in [0.15, 0.2) is 23.8 Å². The Morgan fingerprint density at radius 1 is 1.67 bits per heavy atom. The van der Waals surface area contributed by atoms with Crippen molar-refractivity contribution in [2.24, 2.45) is 11.7 Å². The average molecular weight is 326 g/mol. The van der Waals surface area contributed by atoms with Gasteiger partial charge in [0.1, 0.15) is 5.50 Å². The van der Waals surface area contributed by atoms with Crippen LogP contribution in [0.25, 0.3) is 0 Å². The molecular weight excluding hydrogens is 304 g/mol. The highest BCUT2D eigenvalue weighted by Crippen LogP contribution is 2.34. The largest absolute Gasteiger partial charge is 0.307 e. The van der Waals surface area contributed by atoms with Crippen LogP contribution >= 0.6 is 23.5 Å². The molecule has 1 aliphatic heterocycles. The second-order valence-corrected chi connectivity index (χ2v) is 7.52. The number of amides is 1. The third-order valence-electron chi connectivity index (χ3n) is 4.00. The smallest absolute Gasteiger partial charge is 0.256 e. The summed E-state index contributed by atoms with van der Waals surface area (Å²) in [4.78, 5) is 12.0. The Balaban J connectivity index is 1.97. The zero-order chi connectivity index (χ0) is 15.5. The molecule has 1 aliphatic carbocycles. The third-order valence-corrected chi connectivity index (χ3v) is 5.43. The third kappa shape index (κ3) is 4.12. The van der Waals surface area contributed by atoms with Crippen molar-refractivity contribution in [3.05, 3.63) is 23.8 Å². The molecule has 116 valence electrons. The van der Waals surface area contributed by atoms with Gasteiger partial charge in [0.05, 0.1) is 0 Å². The van der Waals surface area contributed by atoms with Crippen LogP contribution < -0.4 is 16.4 Å². The summed E-state index contributed by atoms with van der Waals surface area (Å²) in [5.74, 6) is 1.18. The van der Waals surface area contributed by atoms with Crippen molar-refractivity contribution in [2.75, 3.05) is 12.0 Å². The average Bonchev–Trinajstić information content (AvgIpc) is 2.47. The van der Waals surface area contributed by atoms with Gasteiger partial charge in [-0.05, 0) is 37.7 Å². The predicted molar refractivity (Wildman–Crippen MR) is 91.3 cm³/mol. The van der Waals surface area contributed by atoms with E-state index < -0.39 is 0 Å². The molecule has 5 N–H and O–H groups in total. The van der Waals surface area contributed by atoms with Crippen LogP contribution in [-0.2, 0) is 4.79 Å². The Labute approximate surface area is 134 Å². The van der Waals surface area contributed by atoms with E-state index in [2.05, 4.69) is 23.6 Å². The number of hydrogen-bond donors (Lipinski definition) is 4. The Bertz CT molecular complexity index is 491. The highest BCUT2D eigenvalue weighted by molar-refractivity contribution is 8.13. The number of nitrogens with two attached hydrogens (primary N) is 1. The highest BCUT2D eigenvalue weighted by Gasteiger charge is 2.37. The maximum atomic E-state index is 12.0. The summed E-state index contributed by atoms with van der Waals surface area (Å²) in [5.41, 5.74) is 6.57. The van der Waals surface area contributed by atoms with Gasteiger partial charge in [0, 0.05) is 11.1 Å².